The van der Waals surface area contributed by atoms with E-state index in [9.17, 15) is 8.42 Å². The molecule has 40 heavy (non-hydrogen) atoms. The van der Waals surface area contributed by atoms with Crippen molar-refractivity contribution >= 4 is 43.0 Å². The van der Waals surface area contributed by atoms with Gasteiger partial charge in [-0.15, -0.1) is 0 Å². The van der Waals surface area contributed by atoms with E-state index in [1.54, 1.807) is 6.20 Å². The highest BCUT2D eigenvalue weighted by atomic mass is 32.2. The van der Waals surface area contributed by atoms with Crippen molar-refractivity contribution in [2.45, 2.75) is 13.1 Å². The summed E-state index contributed by atoms with van der Waals surface area (Å²) in [4.78, 5) is 4.59. The number of hydrogen-bond acceptors (Lipinski definition) is 7. The summed E-state index contributed by atoms with van der Waals surface area (Å²) < 4.78 is 30.6. The lowest BCUT2D eigenvalue weighted by Gasteiger charge is -2.11. The van der Waals surface area contributed by atoms with Crippen LogP contribution in [0.25, 0.3) is 33.1 Å². The van der Waals surface area contributed by atoms with Crippen LogP contribution in [0.4, 0.5) is 11.4 Å². The van der Waals surface area contributed by atoms with Crippen molar-refractivity contribution in [1.82, 2.24) is 20.1 Å². The molecule has 0 aliphatic carbocycles. The highest BCUT2D eigenvalue weighted by molar-refractivity contribution is 7.90. The van der Waals surface area contributed by atoms with Crippen LogP contribution in [0.1, 0.15) is 11.3 Å². The van der Waals surface area contributed by atoms with Gasteiger partial charge < -0.3 is 15.1 Å². The molecule has 6 rings (SSSR count). The van der Waals surface area contributed by atoms with Crippen LogP contribution in [-0.4, -0.2) is 41.7 Å². The summed E-state index contributed by atoms with van der Waals surface area (Å²) in [6, 6.07) is 28.5. The molecule has 3 heterocycles. The molecule has 202 valence electrons. The van der Waals surface area contributed by atoms with Crippen LogP contribution in [0.2, 0.25) is 0 Å². The summed E-state index contributed by atoms with van der Waals surface area (Å²) in [5.41, 5.74) is 6.01. The van der Waals surface area contributed by atoms with E-state index in [1.807, 2.05) is 65.5 Å². The molecule has 0 fully saturated rings. The maximum Gasteiger partial charge on any atom is 0.148 e. The highest BCUT2D eigenvalue weighted by Crippen LogP contribution is 2.31. The molecule has 3 aromatic heterocycles. The van der Waals surface area contributed by atoms with Gasteiger partial charge in [-0.2, -0.15) is 5.10 Å². The number of anilines is 2. The van der Waals surface area contributed by atoms with E-state index in [0.29, 0.717) is 13.1 Å². The second-order valence-corrected chi connectivity index (χ2v) is 12.1. The van der Waals surface area contributed by atoms with Gasteiger partial charge in [0.05, 0.1) is 36.1 Å². The molecule has 0 aliphatic rings. The van der Waals surface area contributed by atoms with Crippen LogP contribution in [0.3, 0.4) is 0 Å². The lowest BCUT2D eigenvalue weighted by atomic mass is 10.1. The van der Waals surface area contributed by atoms with Crippen molar-refractivity contribution in [3.8, 4) is 11.3 Å². The third kappa shape index (κ3) is 5.90. The Labute approximate surface area is 232 Å². The first-order valence-corrected chi connectivity index (χ1v) is 15.1. The van der Waals surface area contributed by atoms with Gasteiger partial charge in [0.25, 0.3) is 0 Å². The van der Waals surface area contributed by atoms with Crippen LogP contribution in [-0.2, 0) is 22.9 Å². The van der Waals surface area contributed by atoms with Gasteiger partial charge in [-0.3, -0.25) is 9.67 Å². The Balaban J connectivity index is 1.17. The number of pyridine rings is 1. The van der Waals surface area contributed by atoms with Crippen molar-refractivity contribution in [2.24, 2.45) is 0 Å². The topological polar surface area (TPSA) is 102 Å². The monoisotopic (exact) mass is 551 g/mol. The van der Waals surface area contributed by atoms with E-state index < -0.39 is 9.84 Å². The van der Waals surface area contributed by atoms with Crippen LogP contribution in [0.5, 0.6) is 0 Å². The molecule has 8 nitrogen and oxygen atoms in total. The smallest absolute Gasteiger partial charge is 0.148 e. The molecule has 0 aliphatic heterocycles. The first-order valence-electron chi connectivity index (χ1n) is 13.0. The number of aromatic nitrogens is 3. The molecule has 0 bridgehead atoms. The number of sulfone groups is 1. The average Bonchev–Trinajstić information content (AvgIpc) is 3.58. The predicted octanol–water partition coefficient (Wildman–Crippen LogP) is 5.77. The SMILES string of the molecule is CS(=O)(=O)CCNCc1ccc(-c2ccc3c(Nc4ccc5c(cnn5Cc5ccccc5)c4)ccnc3c2)o1. The Morgan fingerprint density at radius 3 is 2.67 bits per heavy atom. The molecule has 6 aromatic rings. The van der Waals surface area contributed by atoms with Crippen molar-refractivity contribution < 1.29 is 12.8 Å². The van der Waals surface area contributed by atoms with Crippen molar-refractivity contribution in [1.29, 1.82) is 0 Å². The first kappa shape index (κ1) is 25.8. The highest BCUT2D eigenvalue weighted by Gasteiger charge is 2.10. The molecule has 0 amide bonds. The van der Waals surface area contributed by atoms with Gasteiger partial charge in [-0.1, -0.05) is 36.4 Å². The van der Waals surface area contributed by atoms with Gasteiger partial charge in [-0.25, -0.2) is 8.42 Å². The van der Waals surface area contributed by atoms with Crippen molar-refractivity contribution in [3.63, 3.8) is 0 Å². The Bertz CT molecular complexity index is 1890. The largest absolute Gasteiger partial charge is 0.460 e. The van der Waals surface area contributed by atoms with Crippen LogP contribution >= 0.6 is 0 Å². The molecule has 0 atom stereocenters. The predicted molar refractivity (Wildman–Crippen MR) is 159 cm³/mol. The molecule has 0 saturated heterocycles. The van der Waals surface area contributed by atoms with E-state index in [2.05, 4.69) is 51.0 Å². The summed E-state index contributed by atoms with van der Waals surface area (Å²) in [5.74, 6) is 1.58. The number of furan rings is 1. The summed E-state index contributed by atoms with van der Waals surface area (Å²) >= 11 is 0. The van der Waals surface area contributed by atoms with Crippen LogP contribution in [0, 0.1) is 0 Å². The fourth-order valence-electron chi connectivity index (χ4n) is 4.71. The number of rotatable bonds is 10. The van der Waals surface area contributed by atoms with E-state index in [0.717, 1.165) is 56.8 Å². The Hall–Kier alpha value is -4.47. The third-order valence-corrected chi connectivity index (χ3v) is 7.68. The fraction of sp³-hybridized carbons (Fsp3) is 0.161. The van der Waals surface area contributed by atoms with Crippen molar-refractivity contribution in [2.75, 3.05) is 23.9 Å². The van der Waals surface area contributed by atoms with Gasteiger partial charge in [0.1, 0.15) is 21.4 Å². The second kappa shape index (κ2) is 11.0. The number of nitrogens with zero attached hydrogens (tertiary/aromatic N) is 3. The first-order chi connectivity index (χ1) is 19.4. The second-order valence-electron chi connectivity index (χ2n) is 9.85. The van der Waals surface area contributed by atoms with Crippen LogP contribution in [0.15, 0.2) is 102 Å². The van der Waals surface area contributed by atoms with Gasteiger partial charge >= 0.3 is 0 Å². The zero-order chi connectivity index (χ0) is 27.5. The summed E-state index contributed by atoms with van der Waals surface area (Å²) in [6.07, 6.45) is 4.93. The van der Waals surface area contributed by atoms with Crippen LogP contribution < -0.4 is 10.6 Å². The Kier molecular flexibility index (Phi) is 7.06. The zero-order valence-corrected chi connectivity index (χ0v) is 22.9. The standard InChI is InChI=1S/C31H29N5O3S/c1-40(37,38)16-15-32-20-26-9-12-31(39-26)23-7-10-27-28(13-14-33-29(27)18-23)35-25-8-11-30-24(17-25)19-34-36(30)21-22-5-3-2-4-6-22/h2-14,17-19,32H,15-16,20-21H2,1H3,(H,33,35). The zero-order valence-electron chi connectivity index (χ0n) is 22.0. The Morgan fingerprint density at radius 2 is 1.82 bits per heavy atom. The minimum Gasteiger partial charge on any atom is -0.460 e. The molecule has 9 heteroatoms. The van der Waals surface area contributed by atoms with E-state index in [-0.39, 0.29) is 5.75 Å². The van der Waals surface area contributed by atoms with Gasteiger partial charge in [0, 0.05) is 46.7 Å². The molecule has 0 radical (unpaired) electrons. The summed E-state index contributed by atoms with van der Waals surface area (Å²) in [6.45, 7) is 1.57. The normalized spacial score (nSPS) is 11.8. The lowest BCUT2D eigenvalue weighted by Crippen LogP contribution is -2.21. The number of fused-ring (bicyclic) bond motifs is 2. The minimum atomic E-state index is -2.99. The minimum absolute atomic E-state index is 0.0963. The molecule has 3 aromatic carbocycles. The quantitative estimate of drug-likeness (QED) is 0.208. The maximum absolute atomic E-state index is 11.3. The number of benzene rings is 3. The van der Waals surface area contributed by atoms with Gasteiger partial charge in [-0.05, 0) is 54.1 Å². The number of nitrogens with one attached hydrogen (secondary N) is 2. The van der Waals surface area contributed by atoms with E-state index >= 15 is 0 Å². The Morgan fingerprint density at radius 1 is 0.950 bits per heavy atom. The fourth-order valence-corrected chi connectivity index (χ4v) is 5.23. The molecular weight excluding hydrogens is 522 g/mol. The number of hydrogen-bond donors (Lipinski definition) is 2. The van der Waals surface area contributed by atoms with E-state index in [4.69, 9.17) is 4.42 Å². The van der Waals surface area contributed by atoms with Gasteiger partial charge in [0.15, 0.2) is 0 Å². The molecule has 0 spiro atoms. The van der Waals surface area contributed by atoms with Gasteiger partial charge in [0.2, 0.25) is 0 Å². The lowest BCUT2D eigenvalue weighted by molar-refractivity contribution is 0.498. The molecular formula is C31H29N5O3S. The molecule has 2 N–H and O–H groups in total. The van der Waals surface area contributed by atoms with E-state index in [1.165, 1.54) is 11.8 Å². The summed E-state index contributed by atoms with van der Waals surface area (Å²) in [7, 11) is -2.99. The molecule has 0 saturated carbocycles. The van der Waals surface area contributed by atoms with Crippen molar-refractivity contribution in [3.05, 3.63) is 109 Å². The molecule has 0 unspecified atom stereocenters. The average molecular weight is 552 g/mol. The summed E-state index contributed by atoms with van der Waals surface area (Å²) in [5, 5.41) is 13.3. The third-order valence-electron chi connectivity index (χ3n) is 6.73. The maximum atomic E-state index is 11.3.